The topological polar surface area (TPSA) is 49.4 Å². The first kappa shape index (κ1) is 17.0. The fourth-order valence-corrected chi connectivity index (χ4v) is 3.13. The van der Waals surface area contributed by atoms with Crippen LogP contribution in [-0.2, 0) is 9.59 Å². The predicted molar refractivity (Wildman–Crippen MR) is 81.5 cm³/mol. The minimum absolute atomic E-state index is 0.000525. The largest absolute Gasteiger partial charge is 0.340 e. The molecule has 0 saturated carbocycles. The molecule has 1 heterocycles. The molecule has 1 fully saturated rings. The zero-order valence-corrected chi connectivity index (χ0v) is 13.6. The molecule has 1 rings (SSSR count). The maximum atomic E-state index is 12.9. The second-order valence-corrected chi connectivity index (χ2v) is 5.51. The summed E-state index contributed by atoms with van der Waals surface area (Å²) in [6, 6.07) is 0. The molecule has 2 amide bonds. The summed E-state index contributed by atoms with van der Waals surface area (Å²) in [6.45, 7) is 8.13. The van der Waals surface area contributed by atoms with Crippen LogP contribution in [0.25, 0.3) is 0 Å². The van der Waals surface area contributed by atoms with Crippen LogP contribution in [0.15, 0.2) is 11.6 Å². The van der Waals surface area contributed by atoms with Crippen molar-refractivity contribution >= 4 is 23.4 Å². The Morgan fingerprint density at radius 2 is 1.65 bits per heavy atom. The quantitative estimate of drug-likeness (QED) is 0.820. The molecule has 4 nitrogen and oxygen atoms in total. The van der Waals surface area contributed by atoms with Crippen molar-refractivity contribution < 1.29 is 9.59 Å². The van der Waals surface area contributed by atoms with Crippen LogP contribution in [-0.4, -0.2) is 34.3 Å². The molecule has 5 heteroatoms. The van der Waals surface area contributed by atoms with Gasteiger partial charge in [-0.2, -0.15) is 0 Å². The maximum absolute atomic E-state index is 12.9. The van der Waals surface area contributed by atoms with Crippen molar-refractivity contribution in [3.8, 4) is 0 Å². The Kier molecular flexibility index (Phi) is 5.63. The third kappa shape index (κ3) is 2.46. The molecule has 0 aromatic carbocycles. The Morgan fingerprint density at radius 3 is 2.05 bits per heavy atom. The van der Waals surface area contributed by atoms with Crippen LogP contribution < -0.4 is 5.32 Å². The van der Waals surface area contributed by atoms with E-state index in [9.17, 15) is 9.59 Å². The molecule has 0 aromatic heterocycles. The van der Waals surface area contributed by atoms with Gasteiger partial charge in [-0.1, -0.05) is 45.4 Å². The van der Waals surface area contributed by atoms with Crippen molar-refractivity contribution in [2.75, 3.05) is 6.54 Å². The summed E-state index contributed by atoms with van der Waals surface area (Å²) in [4.78, 5) is 27.3. The Balaban J connectivity index is 3.30. The number of hydrogen-bond acceptors (Lipinski definition) is 2. The second-order valence-electron chi connectivity index (χ2n) is 5.26. The number of carbonyl (C=O) groups excluding carboxylic acids is 2. The molecule has 0 unspecified atom stereocenters. The molecule has 1 aliphatic heterocycles. The van der Waals surface area contributed by atoms with E-state index in [4.69, 9.17) is 11.6 Å². The van der Waals surface area contributed by atoms with Crippen LogP contribution in [0.2, 0.25) is 0 Å². The average molecular weight is 301 g/mol. The van der Waals surface area contributed by atoms with Crippen molar-refractivity contribution in [2.24, 2.45) is 0 Å². The van der Waals surface area contributed by atoms with E-state index in [0.29, 0.717) is 32.2 Å². The maximum Gasteiger partial charge on any atom is 0.249 e. The molecule has 0 aromatic rings. The molecule has 1 saturated heterocycles. The standard InChI is InChI=1S/C15H25ClN2O2/c1-5-14(6-2)13(20)18(11-9-10-16)15(7-3,8-4)12(19)17-14/h9-10H,5-8,11H2,1-4H3,(H,17,19)/b10-9+. The van der Waals surface area contributed by atoms with Gasteiger partial charge >= 0.3 is 0 Å². The first-order valence-electron chi connectivity index (χ1n) is 7.37. The third-order valence-corrected chi connectivity index (χ3v) is 4.88. The van der Waals surface area contributed by atoms with E-state index in [0.717, 1.165) is 0 Å². The Labute approximate surface area is 126 Å². The first-order chi connectivity index (χ1) is 9.47. The summed E-state index contributed by atoms with van der Waals surface area (Å²) in [5.74, 6) is -0.0469. The summed E-state index contributed by atoms with van der Waals surface area (Å²) >= 11 is 5.60. The summed E-state index contributed by atoms with van der Waals surface area (Å²) in [6.07, 6.45) is 4.10. The van der Waals surface area contributed by atoms with Gasteiger partial charge in [0.2, 0.25) is 11.8 Å². The number of carbonyl (C=O) groups is 2. The molecule has 1 N–H and O–H groups in total. The van der Waals surface area contributed by atoms with Gasteiger partial charge in [-0.05, 0) is 25.7 Å². The van der Waals surface area contributed by atoms with Crippen LogP contribution in [0.3, 0.4) is 0 Å². The highest BCUT2D eigenvalue weighted by molar-refractivity contribution is 6.25. The lowest BCUT2D eigenvalue weighted by Crippen LogP contribution is -2.75. The Hall–Kier alpha value is -1.03. The Bertz CT molecular complexity index is 399. The lowest BCUT2D eigenvalue weighted by atomic mass is 9.79. The molecule has 0 aliphatic carbocycles. The predicted octanol–water partition coefficient (Wildman–Crippen LogP) is 2.81. The van der Waals surface area contributed by atoms with E-state index in [1.54, 1.807) is 11.0 Å². The van der Waals surface area contributed by atoms with E-state index in [1.807, 2.05) is 27.7 Å². The molecular weight excluding hydrogens is 276 g/mol. The number of rotatable bonds is 6. The summed E-state index contributed by atoms with van der Waals surface area (Å²) in [7, 11) is 0. The highest BCUT2D eigenvalue weighted by atomic mass is 35.5. The van der Waals surface area contributed by atoms with Gasteiger partial charge in [0, 0.05) is 12.1 Å². The second kappa shape index (κ2) is 6.61. The molecule has 0 radical (unpaired) electrons. The molecule has 0 bridgehead atoms. The van der Waals surface area contributed by atoms with E-state index in [-0.39, 0.29) is 11.8 Å². The van der Waals surface area contributed by atoms with Crippen molar-refractivity contribution in [2.45, 2.75) is 64.5 Å². The molecule has 0 spiro atoms. The van der Waals surface area contributed by atoms with Gasteiger partial charge in [0.1, 0.15) is 11.1 Å². The summed E-state index contributed by atoms with van der Waals surface area (Å²) < 4.78 is 0. The number of nitrogens with zero attached hydrogens (tertiary/aromatic N) is 1. The van der Waals surface area contributed by atoms with Crippen molar-refractivity contribution in [1.29, 1.82) is 0 Å². The van der Waals surface area contributed by atoms with Gasteiger partial charge in [0.25, 0.3) is 0 Å². The highest BCUT2D eigenvalue weighted by Gasteiger charge is 2.55. The van der Waals surface area contributed by atoms with Crippen LogP contribution in [0.1, 0.15) is 53.4 Å². The molecule has 20 heavy (non-hydrogen) atoms. The van der Waals surface area contributed by atoms with Crippen molar-refractivity contribution in [3.63, 3.8) is 0 Å². The van der Waals surface area contributed by atoms with Gasteiger partial charge in [-0.3, -0.25) is 9.59 Å². The van der Waals surface area contributed by atoms with Gasteiger partial charge < -0.3 is 10.2 Å². The van der Waals surface area contributed by atoms with Gasteiger partial charge in [-0.25, -0.2) is 0 Å². The van der Waals surface area contributed by atoms with E-state index < -0.39 is 11.1 Å². The zero-order chi connectivity index (χ0) is 15.4. The van der Waals surface area contributed by atoms with E-state index in [1.165, 1.54) is 5.54 Å². The van der Waals surface area contributed by atoms with Crippen LogP contribution in [0, 0.1) is 0 Å². The van der Waals surface area contributed by atoms with Crippen molar-refractivity contribution in [3.05, 3.63) is 11.6 Å². The van der Waals surface area contributed by atoms with Crippen molar-refractivity contribution in [1.82, 2.24) is 10.2 Å². The average Bonchev–Trinajstić information content (AvgIpc) is 2.48. The molecular formula is C15H25ClN2O2. The molecule has 114 valence electrons. The van der Waals surface area contributed by atoms with E-state index >= 15 is 0 Å². The van der Waals surface area contributed by atoms with Gasteiger partial charge in [0.15, 0.2) is 0 Å². The number of piperazine rings is 1. The van der Waals surface area contributed by atoms with E-state index in [2.05, 4.69) is 5.32 Å². The fraction of sp³-hybridized carbons (Fsp3) is 0.733. The van der Waals surface area contributed by atoms with Gasteiger partial charge in [0.05, 0.1) is 0 Å². The normalized spacial score (nSPS) is 21.4. The lowest BCUT2D eigenvalue weighted by Gasteiger charge is -2.51. The van der Waals surface area contributed by atoms with Crippen LogP contribution in [0.5, 0.6) is 0 Å². The molecule has 1 aliphatic rings. The minimum atomic E-state index is -0.773. The highest BCUT2D eigenvalue weighted by Crippen LogP contribution is 2.34. The third-order valence-electron chi connectivity index (χ3n) is 4.70. The smallest absolute Gasteiger partial charge is 0.249 e. The summed E-state index contributed by atoms with van der Waals surface area (Å²) in [5, 5.41) is 2.99. The number of nitrogens with one attached hydrogen (secondary N) is 1. The first-order valence-corrected chi connectivity index (χ1v) is 7.81. The van der Waals surface area contributed by atoms with Crippen LogP contribution >= 0.6 is 11.6 Å². The fourth-order valence-electron chi connectivity index (χ4n) is 3.05. The minimum Gasteiger partial charge on any atom is -0.340 e. The SMILES string of the molecule is CCC1(CC)NC(=O)C(CC)(CC)N(C/C=C/Cl)C1=O. The van der Waals surface area contributed by atoms with Gasteiger partial charge in [-0.15, -0.1) is 0 Å². The lowest BCUT2D eigenvalue weighted by molar-refractivity contribution is -0.163. The number of hydrogen-bond donors (Lipinski definition) is 1. The molecule has 0 atom stereocenters. The summed E-state index contributed by atoms with van der Waals surface area (Å²) in [5.41, 5.74) is -0.137. The number of amides is 2. The Morgan fingerprint density at radius 1 is 1.10 bits per heavy atom. The van der Waals surface area contributed by atoms with Crippen LogP contribution in [0.4, 0.5) is 0 Å². The number of halogens is 1. The monoisotopic (exact) mass is 300 g/mol. The zero-order valence-electron chi connectivity index (χ0n) is 12.8.